The average molecular weight is 458 g/mol. The molecular weight excluding hydrogens is 418 g/mol. The molecule has 0 amide bonds. The maximum atomic E-state index is 5.34. The first kappa shape index (κ1) is 23.2. The zero-order chi connectivity index (χ0) is 25.2. The van der Waals surface area contributed by atoms with Crippen molar-refractivity contribution in [3.63, 3.8) is 0 Å². The number of aromatic nitrogens is 5. The van der Waals surface area contributed by atoms with Crippen LogP contribution in [0.2, 0.25) is 0 Å². The Bertz CT molecular complexity index is 1490. The van der Waals surface area contributed by atoms with E-state index >= 15 is 0 Å². The summed E-state index contributed by atoms with van der Waals surface area (Å²) < 4.78 is 2.23. The molecule has 0 saturated heterocycles. The lowest BCUT2D eigenvalue weighted by atomic mass is 9.60. The molecule has 4 aromatic rings. The van der Waals surface area contributed by atoms with Crippen LogP contribution in [0.25, 0.3) is 27.7 Å². The summed E-state index contributed by atoms with van der Waals surface area (Å²) in [4.78, 5) is 20.5. The van der Waals surface area contributed by atoms with Crippen LogP contribution in [-0.2, 0) is 21.7 Å². The summed E-state index contributed by atoms with van der Waals surface area (Å²) in [7, 11) is 0. The van der Waals surface area contributed by atoms with E-state index in [2.05, 4.69) is 99.6 Å². The van der Waals surface area contributed by atoms with Gasteiger partial charge in [0.05, 0.1) is 11.4 Å². The molecule has 1 aliphatic carbocycles. The lowest BCUT2D eigenvalue weighted by Crippen LogP contribution is -2.42. The zero-order valence-electron chi connectivity index (χ0n) is 23.0. The highest BCUT2D eigenvalue weighted by Gasteiger charge is 2.59. The highest BCUT2D eigenvalue weighted by molar-refractivity contribution is 5.97. The summed E-state index contributed by atoms with van der Waals surface area (Å²) in [6, 6.07) is 4.52. The molecule has 34 heavy (non-hydrogen) atoms. The monoisotopic (exact) mass is 457 g/mol. The van der Waals surface area contributed by atoms with Gasteiger partial charge < -0.3 is 0 Å². The molecule has 5 rings (SSSR count). The van der Waals surface area contributed by atoms with E-state index in [0.717, 1.165) is 39.4 Å². The van der Waals surface area contributed by atoms with Crippen molar-refractivity contribution >= 4 is 27.7 Å². The molecule has 0 fully saturated rings. The predicted molar refractivity (Wildman–Crippen MR) is 141 cm³/mol. The topological polar surface area (TPSA) is 56.0 Å². The smallest absolute Gasteiger partial charge is 0.198 e. The van der Waals surface area contributed by atoms with E-state index in [1.165, 1.54) is 11.1 Å². The zero-order valence-corrected chi connectivity index (χ0v) is 23.0. The van der Waals surface area contributed by atoms with E-state index in [1.807, 2.05) is 6.20 Å². The average Bonchev–Trinajstić information content (AvgIpc) is 3.12. The standard InChI is InChI=1S/C29H39N5/c1-25(2,3)18-13-16-14-19(26(4,5)6)34-23(17(16)15-30-18)33-22-24(34)32-21-20(31-22)27(7,8)29(11,12)28(21,9)10/h13-15H,1-12H3. The van der Waals surface area contributed by atoms with Gasteiger partial charge in [0.2, 0.25) is 0 Å². The summed E-state index contributed by atoms with van der Waals surface area (Å²) in [5.74, 6) is 0. The lowest BCUT2D eigenvalue weighted by molar-refractivity contribution is 0.122. The fourth-order valence-corrected chi connectivity index (χ4v) is 5.50. The van der Waals surface area contributed by atoms with E-state index in [0.29, 0.717) is 0 Å². The number of fused-ring (bicyclic) bond motifs is 6. The van der Waals surface area contributed by atoms with Gasteiger partial charge in [-0.15, -0.1) is 0 Å². The van der Waals surface area contributed by atoms with Crippen LogP contribution >= 0.6 is 0 Å². The van der Waals surface area contributed by atoms with Crippen molar-refractivity contribution < 1.29 is 0 Å². The van der Waals surface area contributed by atoms with Crippen molar-refractivity contribution in [3.8, 4) is 0 Å². The van der Waals surface area contributed by atoms with Gasteiger partial charge in [0, 0.05) is 44.6 Å². The molecule has 4 aromatic heterocycles. The summed E-state index contributed by atoms with van der Waals surface area (Å²) >= 11 is 0. The van der Waals surface area contributed by atoms with E-state index in [-0.39, 0.29) is 27.1 Å². The van der Waals surface area contributed by atoms with Gasteiger partial charge in [-0.1, -0.05) is 83.1 Å². The normalized spacial score (nSPS) is 19.3. The third kappa shape index (κ3) is 2.79. The second-order valence-corrected chi connectivity index (χ2v) is 13.9. The molecule has 0 bridgehead atoms. The van der Waals surface area contributed by atoms with E-state index in [4.69, 9.17) is 19.9 Å². The van der Waals surface area contributed by atoms with E-state index in [9.17, 15) is 0 Å². The van der Waals surface area contributed by atoms with Crippen LogP contribution in [-0.4, -0.2) is 24.3 Å². The van der Waals surface area contributed by atoms with Crippen molar-refractivity contribution in [2.24, 2.45) is 5.41 Å². The number of rotatable bonds is 0. The van der Waals surface area contributed by atoms with Crippen LogP contribution in [0.5, 0.6) is 0 Å². The number of hydrogen-bond donors (Lipinski definition) is 0. The summed E-state index contributed by atoms with van der Waals surface area (Å²) in [6.45, 7) is 27.3. The minimum absolute atomic E-state index is 0.00837. The predicted octanol–water partition coefficient (Wildman–Crippen LogP) is 7.02. The first-order valence-corrected chi connectivity index (χ1v) is 12.4. The molecule has 0 unspecified atom stereocenters. The molecule has 180 valence electrons. The molecule has 0 saturated carbocycles. The van der Waals surface area contributed by atoms with Gasteiger partial charge in [0.25, 0.3) is 0 Å². The third-order valence-corrected chi connectivity index (χ3v) is 9.05. The Morgan fingerprint density at radius 1 is 0.706 bits per heavy atom. The fourth-order valence-electron chi connectivity index (χ4n) is 5.50. The van der Waals surface area contributed by atoms with Crippen LogP contribution in [0.4, 0.5) is 0 Å². The van der Waals surface area contributed by atoms with Gasteiger partial charge in [-0.25, -0.2) is 15.0 Å². The molecule has 5 heteroatoms. The molecule has 1 aliphatic rings. The summed E-state index contributed by atoms with van der Waals surface area (Å²) in [5.41, 5.74) is 6.58. The fraction of sp³-hybridized carbons (Fsp3) is 0.586. The summed E-state index contributed by atoms with van der Waals surface area (Å²) in [5, 5.41) is 2.21. The van der Waals surface area contributed by atoms with Crippen LogP contribution in [0.15, 0.2) is 18.3 Å². The maximum Gasteiger partial charge on any atom is 0.198 e. The molecule has 0 radical (unpaired) electrons. The minimum Gasteiger partial charge on any atom is -0.278 e. The largest absolute Gasteiger partial charge is 0.278 e. The van der Waals surface area contributed by atoms with Crippen molar-refractivity contribution in [2.75, 3.05) is 0 Å². The Morgan fingerprint density at radius 2 is 1.29 bits per heavy atom. The molecule has 0 N–H and O–H groups in total. The van der Waals surface area contributed by atoms with Crippen LogP contribution in [0, 0.1) is 5.41 Å². The molecular formula is C29H39N5. The highest BCUT2D eigenvalue weighted by atomic mass is 15.1. The van der Waals surface area contributed by atoms with Gasteiger partial charge in [-0.2, -0.15) is 0 Å². The first-order valence-electron chi connectivity index (χ1n) is 12.4. The Kier molecular flexibility index (Phi) is 4.33. The maximum absolute atomic E-state index is 5.34. The Morgan fingerprint density at radius 3 is 1.85 bits per heavy atom. The van der Waals surface area contributed by atoms with Crippen molar-refractivity contribution in [1.82, 2.24) is 24.3 Å². The molecule has 5 nitrogen and oxygen atoms in total. The van der Waals surface area contributed by atoms with E-state index < -0.39 is 0 Å². The quantitative estimate of drug-likeness (QED) is 0.285. The highest BCUT2D eigenvalue weighted by Crippen LogP contribution is 2.60. The second-order valence-electron chi connectivity index (χ2n) is 13.9. The molecule has 0 aromatic carbocycles. The van der Waals surface area contributed by atoms with Crippen LogP contribution < -0.4 is 0 Å². The van der Waals surface area contributed by atoms with Crippen LogP contribution in [0.1, 0.15) is 106 Å². The van der Waals surface area contributed by atoms with Crippen LogP contribution in [0.3, 0.4) is 0 Å². The van der Waals surface area contributed by atoms with Crippen molar-refractivity contribution in [3.05, 3.63) is 41.1 Å². The second kappa shape index (κ2) is 6.35. The number of nitrogens with zero attached hydrogens (tertiary/aromatic N) is 5. The Balaban J connectivity index is 1.94. The van der Waals surface area contributed by atoms with Gasteiger partial charge in [0.1, 0.15) is 0 Å². The Hall–Kier alpha value is -2.56. The lowest BCUT2D eigenvalue weighted by Gasteiger charge is -2.43. The molecule has 4 heterocycles. The van der Waals surface area contributed by atoms with Gasteiger partial charge in [-0.3, -0.25) is 9.38 Å². The van der Waals surface area contributed by atoms with Gasteiger partial charge in [-0.05, 0) is 22.9 Å². The SMILES string of the molecule is CC(C)(C)c1cc2cc(C(C)(C)C)n3c4nc5c(nc4nc3c2cn1)C(C)(C)C(C)(C)C5(C)C. The first-order chi connectivity index (χ1) is 15.4. The minimum atomic E-state index is -0.112. The van der Waals surface area contributed by atoms with E-state index in [1.54, 1.807) is 0 Å². The number of imidazole rings is 1. The third-order valence-electron chi connectivity index (χ3n) is 9.05. The van der Waals surface area contributed by atoms with Crippen molar-refractivity contribution in [2.45, 2.75) is 105 Å². The molecule has 0 spiro atoms. The number of pyridine rings is 2. The van der Waals surface area contributed by atoms with Crippen molar-refractivity contribution in [1.29, 1.82) is 0 Å². The Labute approximate surface area is 203 Å². The molecule has 0 aliphatic heterocycles. The number of hydrogen-bond acceptors (Lipinski definition) is 4. The molecule has 0 atom stereocenters. The van der Waals surface area contributed by atoms with Gasteiger partial charge in [0.15, 0.2) is 16.9 Å². The summed E-state index contributed by atoms with van der Waals surface area (Å²) in [6.07, 6.45) is 1.98. The van der Waals surface area contributed by atoms with Gasteiger partial charge >= 0.3 is 0 Å².